The van der Waals surface area contributed by atoms with Crippen LogP contribution in [0.2, 0.25) is 5.02 Å². The van der Waals surface area contributed by atoms with Crippen molar-refractivity contribution in [3.8, 4) is 17.0 Å². The number of halogens is 1. The largest absolute Gasteiger partial charge is 0.497 e. The fourth-order valence-corrected chi connectivity index (χ4v) is 6.24. The van der Waals surface area contributed by atoms with Crippen LogP contribution in [0.3, 0.4) is 0 Å². The van der Waals surface area contributed by atoms with E-state index in [2.05, 4.69) is 4.90 Å². The molecule has 1 fully saturated rings. The van der Waals surface area contributed by atoms with E-state index >= 15 is 0 Å². The third kappa shape index (κ3) is 4.27. The van der Waals surface area contributed by atoms with Crippen LogP contribution in [0.1, 0.15) is 12.8 Å². The lowest BCUT2D eigenvalue weighted by molar-refractivity contribution is 0.415. The van der Waals surface area contributed by atoms with Crippen LogP contribution in [0.5, 0.6) is 5.75 Å². The maximum Gasteiger partial charge on any atom is 0.185 e. The molecule has 2 aromatic carbocycles. The van der Waals surface area contributed by atoms with Gasteiger partial charge in [-0.15, -0.1) is 11.3 Å². The molecule has 0 saturated carbocycles. The summed E-state index contributed by atoms with van der Waals surface area (Å²) in [4.78, 5) is 7.27. The number of piperidine rings is 1. The number of sulfone groups is 1. The molecule has 4 rings (SSSR count). The molecule has 1 aliphatic rings. The first-order valence-electron chi connectivity index (χ1n) is 9.32. The average molecular weight is 449 g/mol. The zero-order chi connectivity index (χ0) is 20.4. The van der Waals surface area contributed by atoms with Crippen molar-refractivity contribution in [2.45, 2.75) is 23.0 Å². The van der Waals surface area contributed by atoms with Crippen LogP contribution in [0.15, 0.2) is 58.8 Å². The highest BCUT2D eigenvalue weighted by molar-refractivity contribution is 7.92. The van der Waals surface area contributed by atoms with Gasteiger partial charge in [0.2, 0.25) is 0 Å². The summed E-state index contributed by atoms with van der Waals surface area (Å²) in [7, 11) is -1.70. The maximum atomic E-state index is 12.9. The Balaban J connectivity index is 1.45. The molecule has 0 radical (unpaired) electrons. The second-order valence-electron chi connectivity index (χ2n) is 6.93. The fourth-order valence-electron chi connectivity index (χ4n) is 3.50. The number of hydrogen-bond acceptors (Lipinski definition) is 6. The predicted octanol–water partition coefficient (Wildman–Crippen LogP) is 4.91. The fraction of sp³-hybridized carbons (Fsp3) is 0.286. The summed E-state index contributed by atoms with van der Waals surface area (Å²) in [5, 5.41) is 3.11. The maximum absolute atomic E-state index is 12.9. The van der Waals surface area contributed by atoms with Gasteiger partial charge in [0.25, 0.3) is 0 Å². The molecule has 152 valence electrons. The molecule has 29 heavy (non-hydrogen) atoms. The number of methoxy groups -OCH3 is 1. The van der Waals surface area contributed by atoms with Gasteiger partial charge in [-0.05, 0) is 49.2 Å². The van der Waals surface area contributed by atoms with Gasteiger partial charge in [0.15, 0.2) is 15.0 Å². The van der Waals surface area contributed by atoms with Crippen LogP contribution in [0.4, 0.5) is 5.13 Å². The molecular weight excluding hydrogens is 428 g/mol. The van der Waals surface area contributed by atoms with E-state index in [0.717, 1.165) is 22.1 Å². The summed E-state index contributed by atoms with van der Waals surface area (Å²) in [6, 6.07) is 14.2. The van der Waals surface area contributed by atoms with Crippen molar-refractivity contribution < 1.29 is 13.2 Å². The SMILES string of the molecule is COc1cccc(-c2csc(N3CCC(S(=O)(=O)c4ccc(Cl)cc4)CC3)n2)c1. The highest BCUT2D eigenvalue weighted by Crippen LogP contribution is 2.32. The van der Waals surface area contributed by atoms with Gasteiger partial charge in [-0.25, -0.2) is 13.4 Å². The van der Waals surface area contributed by atoms with Crippen molar-refractivity contribution in [1.82, 2.24) is 4.98 Å². The van der Waals surface area contributed by atoms with Crippen molar-refractivity contribution in [3.05, 3.63) is 58.9 Å². The molecule has 8 heteroatoms. The van der Waals surface area contributed by atoms with E-state index < -0.39 is 9.84 Å². The number of thiazole rings is 1. The lowest BCUT2D eigenvalue weighted by Gasteiger charge is -2.31. The molecule has 2 heterocycles. The van der Waals surface area contributed by atoms with Crippen LogP contribution in [0.25, 0.3) is 11.3 Å². The molecule has 1 saturated heterocycles. The first-order valence-corrected chi connectivity index (χ1v) is 12.1. The van der Waals surface area contributed by atoms with Gasteiger partial charge in [0.05, 0.1) is 22.9 Å². The minimum Gasteiger partial charge on any atom is -0.497 e. The Morgan fingerprint density at radius 3 is 2.55 bits per heavy atom. The van der Waals surface area contributed by atoms with Gasteiger partial charge in [-0.1, -0.05) is 23.7 Å². The summed E-state index contributed by atoms with van der Waals surface area (Å²) >= 11 is 7.46. The molecular formula is C21H21ClN2O3S2. The molecule has 0 atom stereocenters. The van der Waals surface area contributed by atoms with Crippen molar-refractivity contribution in [1.29, 1.82) is 0 Å². The lowest BCUT2D eigenvalue weighted by atomic mass is 10.1. The van der Waals surface area contributed by atoms with E-state index in [4.69, 9.17) is 21.3 Å². The summed E-state index contributed by atoms with van der Waals surface area (Å²) in [5.74, 6) is 0.797. The minimum atomic E-state index is -3.35. The average Bonchev–Trinajstić information content (AvgIpc) is 3.24. The zero-order valence-corrected chi connectivity index (χ0v) is 18.3. The van der Waals surface area contributed by atoms with Crippen LogP contribution in [0, 0.1) is 0 Å². The second kappa shape index (κ2) is 8.34. The summed E-state index contributed by atoms with van der Waals surface area (Å²) in [5.41, 5.74) is 1.91. The number of aromatic nitrogens is 1. The Morgan fingerprint density at radius 1 is 1.14 bits per heavy atom. The number of anilines is 1. The van der Waals surface area contributed by atoms with Crippen LogP contribution < -0.4 is 9.64 Å². The second-order valence-corrected chi connectivity index (χ2v) is 10.4. The first-order chi connectivity index (χ1) is 14.0. The van der Waals surface area contributed by atoms with Crippen LogP contribution in [-0.2, 0) is 9.84 Å². The van der Waals surface area contributed by atoms with Crippen molar-refractivity contribution in [3.63, 3.8) is 0 Å². The van der Waals surface area contributed by atoms with Crippen molar-refractivity contribution in [2.75, 3.05) is 25.1 Å². The summed E-state index contributed by atoms with van der Waals surface area (Å²) < 4.78 is 31.1. The van der Waals surface area contributed by atoms with E-state index in [9.17, 15) is 8.42 Å². The van der Waals surface area contributed by atoms with Crippen molar-refractivity contribution in [2.24, 2.45) is 0 Å². The molecule has 1 aromatic heterocycles. The molecule has 0 unspecified atom stereocenters. The quantitative estimate of drug-likeness (QED) is 0.554. The minimum absolute atomic E-state index is 0.343. The van der Waals surface area contributed by atoms with E-state index in [1.54, 1.807) is 42.7 Å². The normalized spacial score (nSPS) is 15.4. The molecule has 0 spiro atoms. The Morgan fingerprint density at radius 2 is 1.86 bits per heavy atom. The van der Waals surface area contributed by atoms with E-state index in [-0.39, 0.29) is 5.25 Å². The number of ether oxygens (including phenoxy) is 1. The molecule has 0 bridgehead atoms. The molecule has 1 aliphatic heterocycles. The summed E-state index contributed by atoms with van der Waals surface area (Å²) in [6.07, 6.45) is 1.16. The van der Waals surface area contributed by atoms with E-state index in [1.807, 2.05) is 29.6 Å². The molecule has 0 N–H and O–H groups in total. The Hall–Kier alpha value is -2.09. The first kappa shape index (κ1) is 20.2. The van der Waals surface area contributed by atoms with Crippen LogP contribution in [-0.4, -0.2) is 38.9 Å². The predicted molar refractivity (Wildman–Crippen MR) is 118 cm³/mol. The molecule has 0 amide bonds. The zero-order valence-electron chi connectivity index (χ0n) is 15.9. The van der Waals surface area contributed by atoms with Gasteiger partial charge in [-0.3, -0.25) is 0 Å². The van der Waals surface area contributed by atoms with E-state index in [1.165, 1.54) is 0 Å². The van der Waals surface area contributed by atoms with Crippen LogP contribution >= 0.6 is 22.9 Å². The number of benzene rings is 2. The van der Waals surface area contributed by atoms with Gasteiger partial charge < -0.3 is 9.64 Å². The third-order valence-electron chi connectivity index (χ3n) is 5.15. The molecule has 5 nitrogen and oxygen atoms in total. The molecule has 0 aliphatic carbocycles. The monoisotopic (exact) mass is 448 g/mol. The van der Waals surface area contributed by atoms with Gasteiger partial charge in [-0.2, -0.15) is 0 Å². The number of rotatable bonds is 5. The Kier molecular flexibility index (Phi) is 5.81. The topological polar surface area (TPSA) is 59.5 Å². The highest BCUT2D eigenvalue weighted by atomic mass is 35.5. The number of nitrogens with zero attached hydrogens (tertiary/aromatic N) is 2. The van der Waals surface area contributed by atoms with Gasteiger partial charge >= 0.3 is 0 Å². The summed E-state index contributed by atoms with van der Waals surface area (Å²) in [6.45, 7) is 1.34. The highest BCUT2D eigenvalue weighted by Gasteiger charge is 2.32. The smallest absolute Gasteiger partial charge is 0.185 e. The number of hydrogen-bond donors (Lipinski definition) is 0. The van der Waals surface area contributed by atoms with Gasteiger partial charge in [0.1, 0.15) is 5.75 Å². The third-order valence-corrected chi connectivity index (χ3v) is 8.58. The lowest BCUT2D eigenvalue weighted by Crippen LogP contribution is -2.39. The van der Waals surface area contributed by atoms with Crippen molar-refractivity contribution >= 4 is 37.9 Å². The Labute approximate surface area is 179 Å². The Bertz CT molecular complexity index is 1090. The molecule has 3 aromatic rings. The standard InChI is InChI=1S/C21H21ClN2O3S2/c1-27-17-4-2-3-15(13-17)20-14-28-21(23-20)24-11-9-19(10-12-24)29(25,26)18-7-5-16(22)6-8-18/h2-8,13-14,19H,9-12H2,1H3. The van der Waals surface area contributed by atoms with Gasteiger partial charge in [0, 0.05) is 29.1 Å². The van der Waals surface area contributed by atoms with E-state index in [0.29, 0.717) is 35.8 Å².